The van der Waals surface area contributed by atoms with Gasteiger partial charge in [0.15, 0.2) is 11.5 Å². The topological polar surface area (TPSA) is 132 Å². The molecular formula is C24H23N5O5S. The number of thioether (sulfide) groups is 1. The maximum Gasteiger partial charge on any atom is 0.434 e. The van der Waals surface area contributed by atoms with Gasteiger partial charge in [-0.1, -0.05) is 5.16 Å². The number of rotatable bonds is 7. The van der Waals surface area contributed by atoms with Crippen molar-refractivity contribution in [2.45, 2.75) is 13.3 Å². The molecule has 0 fully saturated rings. The number of methoxy groups -OCH3 is 3. The van der Waals surface area contributed by atoms with E-state index in [-0.39, 0.29) is 6.42 Å². The fourth-order valence-electron chi connectivity index (χ4n) is 3.19. The van der Waals surface area contributed by atoms with Crippen molar-refractivity contribution in [3.63, 3.8) is 0 Å². The van der Waals surface area contributed by atoms with Crippen LogP contribution in [0.1, 0.15) is 17.0 Å². The lowest BCUT2D eigenvalue weighted by atomic mass is 10.0. The predicted molar refractivity (Wildman–Crippen MR) is 133 cm³/mol. The van der Waals surface area contributed by atoms with Gasteiger partial charge in [0.05, 0.1) is 39.5 Å². The van der Waals surface area contributed by atoms with Crippen molar-refractivity contribution in [3.05, 3.63) is 53.4 Å². The fourth-order valence-corrected chi connectivity index (χ4v) is 3.71. The first kappa shape index (κ1) is 25.5. The number of amides is 1. The molecule has 1 amide bonds. The van der Waals surface area contributed by atoms with Crippen LogP contribution in [-0.2, 0) is 11.2 Å². The van der Waals surface area contributed by atoms with Gasteiger partial charge in [0, 0.05) is 23.6 Å². The molecule has 0 saturated carbocycles. The minimum atomic E-state index is -0.761. The molecule has 0 atom stereocenters. The number of hydrogen-bond acceptors (Lipinski definition) is 10. The maximum absolute atomic E-state index is 12.0. The summed E-state index contributed by atoms with van der Waals surface area (Å²) in [5.74, 6) is 1.81. The van der Waals surface area contributed by atoms with Crippen LogP contribution < -0.4 is 9.47 Å². The van der Waals surface area contributed by atoms with Gasteiger partial charge >= 0.3 is 6.09 Å². The zero-order valence-corrected chi connectivity index (χ0v) is 20.7. The van der Waals surface area contributed by atoms with E-state index in [1.54, 1.807) is 37.4 Å². The molecule has 0 radical (unpaired) electrons. The molecule has 3 aromatic rings. The van der Waals surface area contributed by atoms with Crippen molar-refractivity contribution in [3.8, 4) is 29.0 Å². The minimum absolute atomic E-state index is 0.0855. The Kier molecular flexibility index (Phi) is 8.58. The third-order valence-corrected chi connectivity index (χ3v) is 5.43. The number of aliphatic imine (C=N–C) groups is 2. The Labute approximate surface area is 206 Å². The van der Waals surface area contributed by atoms with Crippen molar-refractivity contribution < 1.29 is 23.5 Å². The van der Waals surface area contributed by atoms with E-state index in [0.717, 1.165) is 5.56 Å². The molecule has 1 aromatic heterocycles. The molecule has 0 saturated heterocycles. The molecule has 10 nitrogen and oxygen atoms in total. The molecule has 35 heavy (non-hydrogen) atoms. The number of nitrogens with zero attached hydrogens (tertiary/aromatic N) is 5. The number of carbonyl (C=O) groups is 1. The van der Waals surface area contributed by atoms with E-state index in [2.05, 4.69) is 21.2 Å². The zero-order valence-electron chi connectivity index (χ0n) is 19.9. The number of aromatic nitrogens is 2. The second-order valence-corrected chi connectivity index (χ2v) is 7.74. The van der Waals surface area contributed by atoms with Gasteiger partial charge in [-0.05, 0) is 42.7 Å². The molecule has 0 aliphatic carbocycles. The number of nitriles is 1. The largest absolute Gasteiger partial charge is 0.493 e. The van der Waals surface area contributed by atoms with Gasteiger partial charge in [-0.25, -0.2) is 9.79 Å². The smallest absolute Gasteiger partial charge is 0.434 e. The summed E-state index contributed by atoms with van der Waals surface area (Å²) in [5, 5.41) is 13.6. The molecule has 0 aliphatic rings. The highest BCUT2D eigenvalue weighted by atomic mass is 32.2. The van der Waals surface area contributed by atoms with E-state index in [4.69, 9.17) is 23.7 Å². The summed E-state index contributed by atoms with van der Waals surface area (Å²) in [4.78, 5) is 25.0. The van der Waals surface area contributed by atoms with Crippen LogP contribution in [0.5, 0.6) is 11.5 Å². The summed E-state index contributed by atoms with van der Waals surface area (Å²) in [7, 11) is 4.26. The average molecular weight is 494 g/mol. The highest BCUT2D eigenvalue weighted by Gasteiger charge is 2.20. The van der Waals surface area contributed by atoms with E-state index in [1.165, 1.54) is 33.1 Å². The van der Waals surface area contributed by atoms with Crippen LogP contribution in [0.25, 0.3) is 11.4 Å². The minimum Gasteiger partial charge on any atom is -0.493 e. The molecular weight excluding hydrogens is 470 g/mol. The molecule has 0 bridgehead atoms. The Morgan fingerprint density at radius 3 is 2.46 bits per heavy atom. The third-order valence-electron chi connectivity index (χ3n) is 4.76. The number of carbonyl (C=O) groups excluding carboxylic acids is 1. The molecule has 3 rings (SSSR count). The lowest BCUT2D eigenvalue weighted by Gasteiger charge is -2.15. The second kappa shape index (κ2) is 11.8. The van der Waals surface area contributed by atoms with Crippen molar-refractivity contribution in [2.75, 3.05) is 27.6 Å². The number of hydrogen-bond donors (Lipinski definition) is 0. The first-order chi connectivity index (χ1) is 16.9. The number of ether oxygens (including phenoxy) is 3. The number of benzene rings is 2. The Hall–Kier alpha value is -4.17. The van der Waals surface area contributed by atoms with Crippen LogP contribution in [0.2, 0.25) is 0 Å². The van der Waals surface area contributed by atoms with Crippen LogP contribution in [0, 0.1) is 18.3 Å². The molecule has 0 unspecified atom stereocenters. The quantitative estimate of drug-likeness (QED) is 0.337. The lowest BCUT2D eigenvalue weighted by molar-refractivity contribution is 0.183. The van der Waals surface area contributed by atoms with Gasteiger partial charge in [0.1, 0.15) is 10.8 Å². The molecule has 0 N–H and O–H groups in total. The highest BCUT2D eigenvalue weighted by molar-refractivity contribution is 8.15. The molecule has 0 spiro atoms. The predicted octanol–water partition coefficient (Wildman–Crippen LogP) is 4.78. The van der Waals surface area contributed by atoms with E-state index in [0.29, 0.717) is 50.8 Å². The van der Waals surface area contributed by atoms with E-state index in [9.17, 15) is 10.1 Å². The lowest BCUT2D eigenvalue weighted by Crippen LogP contribution is -2.15. The summed E-state index contributed by atoms with van der Waals surface area (Å²) in [6.07, 6.45) is 1.10. The third kappa shape index (κ3) is 6.04. The summed E-state index contributed by atoms with van der Waals surface area (Å²) in [5.41, 5.74) is 2.94. The Morgan fingerprint density at radius 2 is 1.91 bits per heavy atom. The van der Waals surface area contributed by atoms with Crippen molar-refractivity contribution in [2.24, 2.45) is 9.98 Å². The van der Waals surface area contributed by atoms with E-state index < -0.39 is 6.09 Å². The average Bonchev–Trinajstić information content (AvgIpc) is 3.32. The summed E-state index contributed by atoms with van der Waals surface area (Å²) in [6.45, 7) is 1.72. The molecule has 11 heteroatoms. The van der Waals surface area contributed by atoms with Gasteiger partial charge < -0.3 is 18.7 Å². The van der Waals surface area contributed by atoms with Crippen molar-refractivity contribution in [1.82, 2.24) is 10.1 Å². The Bertz CT molecular complexity index is 1310. The molecule has 1 heterocycles. The van der Waals surface area contributed by atoms with Gasteiger partial charge in [-0.3, -0.25) is 0 Å². The van der Waals surface area contributed by atoms with Crippen LogP contribution in [0.3, 0.4) is 0 Å². The SMILES string of the molecule is COC(=O)N=C(SC)C(=Nc1ccc(-c2noc(C)n2)cc1)c1cc(CC#N)c(OC)c(OC)c1. The van der Waals surface area contributed by atoms with Gasteiger partial charge in [-0.2, -0.15) is 15.2 Å². The monoisotopic (exact) mass is 493 g/mol. The maximum atomic E-state index is 12.0. The number of aryl methyl sites for hydroxylation is 1. The van der Waals surface area contributed by atoms with Crippen LogP contribution in [-0.4, -0.2) is 54.6 Å². The van der Waals surface area contributed by atoms with E-state index in [1.807, 2.05) is 12.1 Å². The standard InChI is InChI=1S/C24H23N5O5S/c1-14-26-22(29-34-14)15-6-8-18(9-7-15)27-20(23(35-5)28-24(30)33-4)17-12-16(10-11-25)21(32-3)19(13-17)31-2/h6-9,12-13H,10H2,1-5H3. The van der Waals surface area contributed by atoms with Crippen LogP contribution in [0.4, 0.5) is 10.5 Å². The fraction of sp³-hybridized carbons (Fsp3) is 0.250. The van der Waals surface area contributed by atoms with Crippen molar-refractivity contribution in [1.29, 1.82) is 5.26 Å². The highest BCUT2D eigenvalue weighted by Crippen LogP contribution is 2.34. The summed E-state index contributed by atoms with van der Waals surface area (Å²) < 4.78 is 20.7. The summed E-state index contributed by atoms with van der Waals surface area (Å²) >= 11 is 1.23. The van der Waals surface area contributed by atoms with Crippen LogP contribution >= 0.6 is 11.8 Å². The van der Waals surface area contributed by atoms with E-state index >= 15 is 0 Å². The van der Waals surface area contributed by atoms with Crippen LogP contribution in [0.15, 0.2) is 50.9 Å². The van der Waals surface area contributed by atoms with Gasteiger partial charge in [0.25, 0.3) is 0 Å². The normalized spacial score (nSPS) is 11.7. The molecule has 180 valence electrons. The van der Waals surface area contributed by atoms with Gasteiger partial charge in [0.2, 0.25) is 11.7 Å². The van der Waals surface area contributed by atoms with Gasteiger partial charge in [-0.15, -0.1) is 11.8 Å². The zero-order chi connectivity index (χ0) is 25.4. The first-order valence-electron chi connectivity index (χ1n) is 10.3. The Balaban J connectivity index is 2.18. The first-order valence-corrected chi connectivity index (χ1v) is 11.5. The Morgan fingerprint density at radius 1 is 1.17 bits per heavy atom. The molecule has 0 aliphatic heterocycles. The molecule has 2 aromatic carbocycles. The summed E-state index contributed by atoms with van der Waals surface area (Å²) in [6, 6.07) is 12.8. The van der Waals surface area contributed by atoms with Crippen molar-refractivity contribution >= 4 is 34.3 Å². The second-order valence-electron chi connectivity index (χ2n) is 6.94.